The van der Waals surface area contributed by atoms with E-state index in [9.17, 15) is 4.79 Å². The van der Waals surface area contributed by atoms with Crippen molar-refractivity contribution in [1.29, 1.82) is 0 Å². The molecule has 1 aromatic heterocycles. The summed E-state index contributed by atoms with van der Waals surface area (Å²) in [6.45, 7) is 5.55. The van der Waals surface area contributed by atoms with Crippen LogP contribution in [0.2, 0.25) is 0 Å². The van der Waals surface area contributed by atoms with Crippen molar-refractivity contribution < 1.29 is 4.74 Å². The molecule has 1 rings (SSSR count). The van der Waals surface area contributed by atoms with E-state index >= 15 is 0 Å². The van der Waals surface area contributed by atoms with Gasteiger partial charge in [-0.2, -0.15) is 0 Å². The average Bonchev–Trinajstić information content (AvgIpc) is 1.93. The largest absolute Gasteiger partial charge is 0.481 e. The lowest BCUT2D eigenvalue weighted by Gasteiger charge is -2.19. The van der Waals surface area contributed by atoms with Crippen molar-refractivity contribution in [3.05, 3.63) is 16.6 Å². The number of hydrogen-bond donors (Lipinski definition) is 2. The molecule has 0 spiro atoms. The zero-order valence-corrected chi connectivity index (χ0v) is 7.92. The second kappa shape index (κ2) is 3.08. The summed E-state index contributed by atoms with van der Waals surface area (Å²) in [4.78, 5) is 17.3. The van der Waals surface area contributed by atoms with E-state index in [1.165, 1.54) is 6.20 Å². The van der Waals surface area contributed by atoms with E-state index < -0.39 is 5.60 Å². The summed E-state index contributed by atoms with van der Waals surface area (Å²) >= 11 is 0. The molecule has 0 saturated carbocycles. The molecule has 1 aromatic rings. The van der Waals surface area contributed by atoms with Crippen molar-refractivity contribution >= 4 is 5.95 Å². The minimum atomic E-state index is -0.412. The van der Waals surface area contributed by atoms with Crippen LogP contribution < -0.4 is 16.0 Å². The lowest BCUT2D eigenvalue weighted by Crippen LogP contribution is -2.27. The number of aromatic nitrogens is 2. The first-order valence-corrected chi connectivity index (χ1v) is 3.92. The van der Waals surface area contributed by atoms with Crippen molar-refractivity contribution in [3.8, 4) is 5.75 Å². The summed E-state index contributed by atoms with van der Waals surface area (Å²) in [5, 5.41) is 0. The molecule has 1 heterocycles. The standard InChI is InChI=1S/C8H13N3O2/c1-8(2,3)13-5-4-10-7(9)11-6(5)12/h4H,1-3H3,(H3,9,10,11,12). The van der Waals surface area contributed by atoms with Crippen LogP contribution in [-0.2, 0) is 0 Å². The third-order valence-electron chi connectivity index (χ3n) is 1.20. The molecule has 0 aliphatic carbocycles. The average molecular weight is 183 g/mol. The first-order valence-electron chi connectivity index (χ1n) is 3.92. The number of nitrogen functional groups attached to an aromatic ring is 1. The fourth-order valence-corrected chi connectivity index (χ4v) is 0.800. The van der Waals surface area contributed by atoms with Gasteiger partial charge in [-0.1, -0.05) is 0 Å². The van der Waals surface area contributed by atoms with Gasteiger partial charge in [0.25, 0.3) is 5.56 Å². The van der Waals surface area contributed by atoms with Crippen molar-refractivity contribution in [3.63, 3.8) is 0 Å². The fraction of sp³-hybridized carbons (Fsp3) is 0.500. The highest BCUT2D eigenvalue weighted by Crippen LogP contribution is 2.11. The van der Waals surface area contributed by atoms with Gasteiger partial charge in [0.2, 0.25) is 5.75 Å². The predicted molar refractivity (Wildman–Crippen MR) is 49.7 cm³/mol. The van der Waals surface area contributed by atoms with Crippen LogP contribution >= 0.6 is 0 Å². The maximum absolute atomic E-state index is 11.2. The Hall–Kier alpha value is -1.52. The highest BCUT2D eigenvalue weighted by atomic mass is 16.5. The Morgan fingerprint density at radius 3 is 2.62 bits per heavy atom. The monoisotopic (exact) mass is 183 g/mol. The van der Waals surface area contributed by atoms with Gasteiger partial charge in [-0.25, -0.2) is 4.98 Å². The predicted octanol–water partition coefficient (Wildman–Crippen LogP) is 0.529. The van der Waals surface area contributed by atoms with Crippen LogP contribution in [0.5, 0.6) is 5.75 Å². The van der Waals surface area contributed by atoms with Crippen LogP contribution in [0.25, 0.3) is 0 Å². The van der Waals surface area contributed by atoms with Gasteiger partial charge in [0.05, 0.1) is 6.20 Å². The van der Waals surface area contributed by atoms with Crippen molar-refractivity contribution in [1.82, 2.24) is 9.97 Å². The number of nitrogens with two attached hydrogens (primary N) is 1. The molecule has 0 fully saturated rings. The molecule has 0 amide bonds. The van der Waals surface area contributed by atoms with E-state index in [0.29, 0.717) is 0 Å². The van der Waals surface area contributed by atoms with Crippen molar-refractivity contribution in [2.24, 2.45) is 0 Å². The third-order valence-corrected chi connectivity index (χ3v) is 1.20. The number of anilines is 1. The maximum atomic E-state index is 11.2. The van der Waals surface area contributed by atoms with Gasteiger partial charge in [0, 0.05) is 0 Å². The summed E-state index contributed by atoms with van der Waals surface area (Å²) in [5.41, 5.74) is 4.50. The Labute approximate surface area is 75.9 Å². The van der Waals surface area contributed by atoms with Gasteiger partial charge in [-0.15, -0.1) is 0 Å². The molecular weight excluding hydrogens is 170 g/mol. The summed E-state index contributed by atoms with van der Waals surface area (Å²) in [6, 6.07) is 0. The SMILES string of the molecule is CC(C)(C)Oc1cnc(N)[nH]c1=O. The maximum Gasteiger partial charge on any atom is 0.294 e. The molecule has 0 aliphatic rings. The summed E-state index contributed by atoms with van der Waals surface area (Å²) in [5.74, 6) is 0.271. The number of hydrogen-bond acceptors (Lipinski definition) is 4. The van der Waals surface area contributed by atoms with Crippen molar-refractivity contribution in [2.45, 2.75) is 26.4 Å². The number of aromatic amines is 1. The van der Waals surface area contributed by atoms with Crippen LogP contribution in [0.3, 0.4) is 0 Å². The Morgan fingerprint density at radius 1 is 1.54 bits per heavy atom. The van der Waals surface area contributed by atoms with Gasteiger partial charge in [0.15, 0.2) is 5.95 Å². The van der Waals surface area contributed by atoms with Gasteiger partial charge in [0.1, 0.15) is 5.60 Å². The van der Waals surface area contributed by atoms with Gasteiger partial charge in [-0.05, 0) is 20.8 Å². The number of ether oxygens (including phenoxy) is 1. The third kappa shape index (κ3) is 2.77. The summed E-state index contributed by atoms with van der Waals surface area (Å²) in [6.07, 6.45) is 1.32. The van der Waals surface area contributed by atoms with E-state index in [1.54, 1.807) is 0 Å². The number of H-pyrrole nitrogens is 1. The summed E-state index contributed by atoms with van der Waals surface area (Å²) < 4.78 is 5.33. The topological polar surface area (TPSA) is 81.0 Å². The molecule has 72 valence electrons. The zero-order valence-electron chi connectivity index (χ0n) is 7.92. The normalized spacial score (nSPS) is 11.3. The van der Waals surface area contributed by atoms with Crippen LogP contribution in [-0.4, -0.2) is 15.6 Å². The van der Waals surface area contributed by atoms with Gasteiger partial charge < -0.3 is 10.5 Å². The molecule has 5 nitrogen and oxygen atoms in total. The highest BCUT2D eigenvalue weighted by molar-refractivity contribution is 5.21. The van der Waals surface area contributed by atoms with E-state index in [4.69, 9.17) is 10.5 Å². The Balaban J connectivity index is 2.98. The number of nitrogens with zero attached hydrogens (tertiary/aromatic N) is 1. The van der Waals surface area contributed by atoms with Crippen LogP contribution in [0.1, 0.15) is 20.8 Å². The smallest absolute Gasteiger partial charge is 0.294 e. The van der Waals surface area contributed by atoms with E-state index in [0.717, 1.165) is 0 Å². The molecule has 0 aliphatic heterocycles. The molecule has 13 heavy (non-hydrogen) atoms. The van der Waals surface area contributed by atoms with Gasteiger partial charge >= 0.3 is 0 Å². The summed E-state index contributed by atoms with van der Waals surface area (Å²) in [7, 11) is 0. The molecule has 0 atom stereocenters. The van der Waals surface area contributed by atoms with E-state index in [2.05, 4.69) is 9.97 Å². The molecule has 0 bridgehead atoms. The second-order valence-corrected chi connectivity index (χ2v) is 3.68. The first kappa shape index (κ1) is 9.57. The van der Waals surface area contributed by atoms with Gasteiger partial charge in [-0.3, -0.25) is 9.78 Å². The lowest BCUT2D eigenvalue weighted by atomic mass is 10.2. The lowest BCUT2D eigenvalue weighted by molar-refractivity contribution is 0.128. The fourth-order valence-electron chi connectivity index (χ4n) is 0.800. The highest BCUT2D eigenvalue weighted by Gasteiger charge is 2.14. The minimum absolute atomic E-state index is 0.0891. The molecular formula is C8H13N3O2. The molecule has 0 radical (unpaired) electrons. The molecule has 3 N–H and O–H groups in total. The Morgan fingerprint density at radius 2 is 2.15 bits per heavy atom. The Bertz CT molecular complexity index is 351. The Kier molecular flexibility index (Phi) is 2.27. The van der Waals surface area contributed by atoms with Crippen LogP contribution in [0.15, 0.2) is 11.0 Å². The molecule has 0 saturated heterocycles. The zero-order chi connectivity index (χ0) is 10.1. The second-order valence-electron chi connectivity index (χ2n) is 3.68. The number of nitrogens with one attached hydrogen (secondary N) is 1. The van der Waals surface area contributed by atoms with Crippen molar-refractivity contribution in [2.75, 3.05) is 5.73 Å². The number of rotatable bonds is 1. The van der Waals surface area contributed by atoms with Crippen LogP contribution in [0, 0.1) is 0 Å². The van der Waals surface area contributed by atoms with E-state index in [1.807, 2.05) is 20.8 Å². The minimum Gasteiger partial charge on any atom is -0.481 e. The first-order chi connectivity index (χ1) is 5.88. The van der Waals surface area contributed by atoms with E-state index in [-0.39, 0.29) is 17.3 Å². The molecule has 0 unspecified atom stereocenters. The molecule has 0 aromatic carbocycles. The van der Waals surface area contributed by atoms with Crippen LogP contribution in [0.4, 0.5) is 5.95 Å². The molecule has 5 heteroatoms. The quantitative estimate of drug-likeness (QED) is 0.665.